The third-order valence-corrected chi connectivity index (χ3v) is 4.45. The summed E-state index contributed by atoms with van der Waals surface area (Å²) in [6.07, 6.45) is 6.61. The zero-order valence-electron chi connectivity index (χ0n) is 11.4. The first kappa shape index (κ1) is 12.2. The number of benzene rings is 1. The molecule has 1 atom stereocenters. The normalized spacial score (nSPS) is 26.4. The molecule has 2 aliphatic rings. The molecule has 98 valence electrons. The van der Waals surface area contributed by atoms with Crippen molar-refractivity contribution >= 4 is 0 Å². The van der Waals surface area contributed by atoms with Crippen molar-refractivity contribution in [2.75, 3.05) is 0 Å². The maximum absolute atomic E-state index is 5.93. The lowest BCUT2D eigenvalue weighted by Gasteiger charge is -2.29. The van der Waals surface area contributed by atoms with Crippen LogP contribution in [-0.2, 0) is 11.3 Å². The van der Waals surface area contributed by atoms with Gasteiger partial charge in [0, 0.05) is 0 Å². The monoisotopic (exact) mass is 245 g/mol. The molecule has 1 aromatic carbocycles. The maximum atomic E-state index is 5.93. The van der Waals surface area contributed by atoms with Crippen molar-refractivity contribution in [3.05, 3.63) is 35.4 Å². The van der Waals surface area contributed by atoms with Crippen LogP contribution in [0.5, 0.6) is 0 Å². The van der Waals surface area contributed by atoms with E-state index in [1.807, 2.05) is 0 Å². The van der Waals surface area contributed by atoms with E-state index in [1.165, 1.54) is 36.8 Å². The zero-order valence-corrected chi connectivity index (χ0v) is 11.4. The minimum absolute atomic E-state index is 0.238. The highest BCUT2D eigenvalue weighted by molar-refractivity contribution is 5.37. The molecule has 0 aromatic heterocycles. The summed E-state index contributed by atoms with van der Waals surface area (Å²) in [7, 11) is 0. The SMILES string of the molecule is CC1(C)Cc2ccccc2C1NOC1CCCC1. The van der Waals surface area contributed by atoms with Gasteiger partial charge in [-0.2, -0.15) is 5.48 Å². The van der Waals surface area contributed by atoms with Gasteiger partial charge in [0.2, 0.25) is 0 Å². The Morgan fingerprint density at radius 3 is 2.67 bits per heavy atom. The molecule has 2 heteroatoms. The van der Waals surface area contributed by atoms with Gasteiger partial charge in [-0.1, -0.05) is 51.0 Å². The average molecular weight is 245 g/mol. The molecule has 1 unspecified atom stereocenters. The second-order valence-corrected chi connectivity index (χ2v) is 6.44. The van der Waals surface area contributed by atoms with Crippen molar-refractivity contribution in [1.29, 1.82) is 0 Å². The molecule has 0 heterocycles. The molecule has 0 aliphatic heterocycles. The Hall–Kier alpha value is -0.860. The quantitative estimate of drug-likeness (QED) is 0.818. The molecule has 0 radical (unpaired) electrons. The lowest BCUT2D eigenvalue weighted by atomic mass is 9.86. The van der Waals surface area contributed by atoms with Crippen LogP contribution in [0.3, 0.4) is 0 Å². The summed E-state index contributed by atoms with van der Waals surface area (Å²) < 4.78 is 0. The molecule has 0 amide bonds. The van der Waals surface area contributed by atoms with Crippen LogP contribution in [0, 0.1) is 5.41 Å². The van der Waals surface area contributed by atoms with Gasteiger partial charge >= 0.3 is 0 Å². The topological polar surface area (TPSA) is 21.3 Å². The molecule has 0 saturated heterocycles. The molecule has 2 aliphatic carbocycles. The number of nitrogens with one attached hydrogen (secondary N) is 1. The smallest absolute Gasteiger partial charge is 0.0790 e. The molecular weight excluding hydrogens is 222 g/mol. The number of rotatable bonds is 3. The summed E-state index contributed by atoms with van der Waals surface area (Å²) in [5.74, 6) is 0. The van der Waals surface area contributed by atoms with Crippen molar-refractivity contribution in [1.82, 2.24) is 5.48 Å². The van der Waals surface area contributed by atoms with Crippen LogP contribution in [0.1, 0.15) is 56.7 Å². The first-order valence-electron chi connectivity index (χ1n) is 7.16. The van der Waals surface area contributed by atoms with E-state index in [1.54, 1.807) is 0 Å². The minimum atomic E-state index is 0.238. The number of hydrogen-bond donors (Lipinski definition) is 1. The van der Waals surface area contributed by atoms with Crippen molar-refractivity contribution < 1.29 is 4.84 Å². The van der Waals surface area contributed by atoms with E-state index >= 15 is 0 Å². The number of hydrogen-bond acceptors (Lipinski definition) is 2. The fourth-order valence-electron chi connectivity index (χ4n) is 3.38. The first-order chi connectivity index (χ1) is 8.67. The third-order valence-electron chi connectivity index (χ3n) is 4.45. The number of fused-ring (bicyclic) bond motifs is 1. The van der Waals surface area contributed by atoms with Gasteiger partial charge in [0.05, 0.1) is 12.1 Å². The lowest BCUT2D eigenvalue weighted by Crippen LogP contribution is -2.33. The van der Waals surface area contributed by atoms with Crippen LogP contribution in [0.2, 0.25) is 0 Å². The zero-order chi connectivity index (χ0) is 12.6. The fraction of sp³-hybridized carbons (Fsp3) is 0.625. The predicted octanol–water partition coefficient (Wildman–Crippen LogP) is 3.77. The Morgan fingerprint density at radius 1 is 1.17 bits per heavy atom. The highest BCUT2D eigenvalue weighted by atomic mass is 16.7. The van der Waals surface area contributed by atoms with E-state index in [9.17, 15) is 0 Å². The van der Waals surface area contributed by atoms with Crippen molar-refractivity contribution in [3.63, 3.8) is 0 Å². The van der Waals surface area contributed by atoms with Crippen LogP contribution in [0.4, 0.5) is 0 Å². The van der Waals surface area contributed by atoms with Gasteiger partial charge in [-0.05, 0) is 35.8 Å². The largest absolute Gasteiger partial charge is 0.298 e. The molecule has 3 rings (SSSR count). The highest BCUT2D eigenvalue weighted by Crippen LogP contribution is 2.45. The van der Waals surface area contributed by atoms with Crippen molar-refractivity contribution in [2.24, 2.45) is 5.41 Å². The van der Waals surface area contributed by atoms with Gasteiger partial charge in [0.1, 0.15) is 0 Å². The van der Waals surface area contributed by atoms with Crippen LogP contribution in [0.15, 0.2) is 24.3 Å². The van der Waals surface area contributed by atoms with Gasteiger partial charge < -0.3 is 0 Å². The summed E-state index contributed by atoms with van der Waals surface area (Å²) in [6.45, 7) is 4.64. The van der Waals surface area contributed by atoms with Gasteiger partial charge in [0.25, 0.3) is 0 Å². The predicted molar refractivity (Wildman–Crippen MR) is 73.1 cm³/mol. The highest BCUT2D eigenvalue weighted by Gasteiger charge is 2.39. The summed E-state index contributed by atoms with van der Waals surface area (Å²) in [6, 6.07) is 9.07. The van der Waals surface area contributed by atoms with E-state index in [2.05, 4.69) is 43.6 Å². The van der Waals surface area contributed by atoms with Gasteiger partial charge in [-0.3, -0.25) is 4.84 Å². The Kier molecular flexibility index (Phi) is 3.16. The molecule has 0 bridgehead atoms. The van der Waals surface area contributed by atoms with Gasteiger partial charge in [-0.15, -0.1) is 0 Å². The number of hydroxylamine groups is 1. The van der Waals surface area contributed by atoms with E-state index in [4.69, 9.17) is 4.84 Å². The Labute approximate surface area is 110 Å². The third kappa shape index (κ3) is 2.19. The van der Waals surface area contributed by atoms with E-state index in [-0.39, 0.29) is 5.41 Å². The molecule has 1 fully saturated rings. The van der Waals surface area contributed by atoms with Crippen LogP contribution < -0.4 is 5.48 Å². The van der Waals surface area contributed by atoms with Gasteiger partial charge in [-0.25, -0.2) is 0 Å². The summed E-state index contributed by atoms with van der Waals surface area (Å²) in [5.41, 5.74) is 6.49. The Morgan fingerprint density at radius 2 is 1.89 bits per heavy atom. The molecule has 1 N–H and O–H groups in total. The minimum Gasteiger partial charge on any atom is -0.298 e. The summed E-state index contributed by atoms with van der Waals surface area (Å²) in [4.78, 5) is 5.93. The Bertz CT molecular complexity index is 421. The standard InChI is InChI=1S/C16H23NO/c1-16(2)11-12-7-3-6-10-14(12)15(16)17-18-13-8-4-5-9-13/h3,6-7,10,13,15,17H,4-5,8-9,11H2,1-2H3. The van der Waals surface area contributed by atoms with Crippen LogP contribution >= 0.6 is 0 Å². The first-order valence-corrected chi connectivity index (χ1v) is 7.16. The molecule has 1 aromatic rings. The molecular formula is C16H23NO. The fourth-order valence-corrected chi connectivity index (χ4v) is 3.38. The Balaban J connectivity index is 1.73. The van der Waals surface area contributed by atoms with Crippen LogP contribution in [-0.4, -0.2) is 6.10 Å². The lowest BCUT2D eigenvalue weighted by molar-refractivity contribution is -0.0596. The molecule has 1 saturated carbocycles. The van der Waals surface area contributed by atoms with Gasteiger partial charge in [0.15, 0.2) is 0 Å². The second-order valence-electron chi connectivity index (χ2n) is 6.44. The van der Waals surface area contributed by atoms with Crippen molar-refractivity contribution in [2.45, 2.75) is 58.1 Å². The van der Waals surface area contributed by atoms with Crippen molar-refractivity contribution in [3.8, 4) is 0 Å². The van der Waals surface area contributed by atoms with Crippen LogP contribution in [0.25, 0.3) is 0 Å². The maximum Gasteiger partial charge on any atom is 0.0790 e. The second kappa shape index (κ2) is 4.67. The summed E-state index contributed by atoms with van der Waals surface area (Å²) in [5, 5.41) is 0. The summed E-state index contributed by atoms with van der Waals surface area (Å²) >= 11 is 0. The molecule has 2 nitrogen and oxygen atoms in total. The van der Waals surface area contributed by atoms with E-state index in [0.717, 1.165) is 6.42 Å². The molecule has 18 heavy (non-hydrogen) atoms. The average Bonchev–Trinajstić information content (AvgIpc) is 2.91. The van der Waals surface area contributed by atoms with E-state index < -0.39 is 0 Å². The molecule has 0 spiro atoms. The van der Waals surface area contributed by atoms with E-state index in [0.29, 0.717) is 12.1 Å².